The molecule has 0 atom stereocenters. The maximum atomic E-state index is 9.92. The van der Waals surface area contributed by atoms with Gasteiger partial charge in [0.2, 0.25) is 0 Å². The van der Waals surface area contributed by atoms with Gasteiger partial charge in [-0.3, -0.25) is 0 Å². The van der Waals surface area contributed by atoms with Crippen molar-refractivity contribution in [1.82, 2.24) is 0 Å². The molecule has 304 valence electrons. The lowest BCUT2D eigenvalue weighted by molar-refractivity contribution is -0.0399. The minimum atomic E-state index is 0.0550. The van der Waals surface area contributed by atoms with Gasteiger partial charge in [-0.25, -0.2) is 0 Å². The predicted molar refractivity (Wildman–Crippen MR) is 265 cm³/mol. The molecule has 0 N–H and O–H groups in total. The quantitative estimate of drug-likeness (QED) is 0.157. The second kappa shape index (κ2) is 13.5. The van der Waals surface area contributed by atoms with Crippen LogP contribution in [0.5, 0.6) is 0 Å². The van der Waals surface area contributed by atoms with E-state index in [1.807, 2.05) is 12.1 Å². The molecule has 0 radical (unpaired) electrons. The van der Waals surface area contributed by atoms with Gasteiger partial charge in [-0.05, 0) is 172 Å². The lowest BCUT2D eigenvalue weighted by atomic mass is 9.43. The van der Waals surface area contributed by atoms with Crippen LogP contribution in [-0.2, 0) is 5.41 Å². The molecule has 10 aromatic carbocycles. The summed E-state index contributed by atoms with van der Waals surface area (Å²) >= 11 is 0. The first-order valence-corrected chi connectivity index (χ1v) is 23.2. The number of hydrogen-bond acceptors (Lipinski definition) is 3. The fourth-order valence-electron chi connectivity index (χ4n) is 13.9. The van der Waals surface area contributed by atoms with E-state index in [0.717, 1.165) is 40.3 Å². The Labute approximate surface area is 373 Å². The summed E-state index contributed by atoms with van der Waals surface area (Å²) in [5.41, 5.74) is 13.5. The summed E-state index contributed by atoms with van der Waals surface area (Å²) in [5.74, 6) is 3.12. The molecule has 5 aliphatic carbocycles. The van der Waals surface area contributed by atoms with Crippen LogP contribution in [0.3, 0.4) is 0 Å². The summed E-state index contributed by atoms with van der Waals surface area (Å²) in [4.78, 5) is 4.92. The van der Waals surface area contributed by atoms with Crippen molar-refractivity contribution in [2.75, 3.05) is 9.80 Å². The maximum absolute atomic E-state index is 9.92. The fraction of sp³-hybridized carbons (Fsp3) is 0.164. The molecule has 0 unspecified atom stereocenters. The molecule has 0 saturated heterocycles. The minimum absolute atomic E-state index is 0.0550. The van der Waals surface area contributed by atoms with Crippen molar-refractivity contribution >= 4 is 77.2 Å². The van der Waals surface area contributed by atoms with E-state index >= 15 is 0 Å². The van der Waals surface area contributed by atoms with E-state index in [4.69, 9.17) is 0 Å². The number of rotatable bonds is 6. The topological polar surface area (TPSA) is 30.3 Å². The van der Waals surface area contributed by atoms with Crippen LogP contribution in [-0.4, -0.2) is 0 Å². The van der Waals surface area contributed by atoms with Crippen LogP contribution in [0.2, 0.25) is 0 Å². The molecule has 64 heavy (non-hydrogen) atoms. The van der Waals surface area contributed by atoms with E-state index in [1.54, 1.807) is 5.56 Å². The monoisotopic (exact) mass is 819 g/mol. The summed E-state index contributed by atoms with van der Waals surface area (Å²) in [7, 11) is 0. The number of fused-ring (bicyclic) bond motifs is 4. The maximum Gasteiger partial charge on any atom is 0.0991 e. The van der Waals surface area contributed by atoms with E-state index in [9.17, 15) is 5.26 Å². The summed E-state index contributed by atoms with van der Waals surface area (Å²) < 4.78 is 0. The summed E-state index contributed by atoms with van der Waals surface area (Å²) in [6.07, 6.45) is 6.84. The molecule has 4 fully saturated rings. The first-order valence-electron chi connectivity index (χ1n) is 23.2. The van der Waals surface area contributed by atoms with Gasteiger partial charge in [0, 0.05) is 38.6 Å². The van der Waals surface area contributed by atoms with Crippen LogP contribution in [0.1, 0.15) is 48.8 Å². The fourth-order valence-corrected chi connectivity index (χ4v) is 13.9. The molecule has 0 amide bonds. The van der Waals surface area contributed by atoms with Crippen molar-refractivity contribution in [2.24, 2.45) is 23.7 Å². The molecule has 15 rings (SSSR count). The molecule has 3 heteroatoms. The predicted octanol–water partition coefficient (Wildman–Crippen LogP) is 16.3. The molecule has 3 nitrogen and oxygen atoms in total. The first-order chi connectivity index (χ1) is 31.7. The Bertz CT molecular complexity index is 3510. The second-order valence-electron chi connectivity index (χ2n) is 19.2. The third-order valence-electron chi connectivity index (χ3n) is 16.2. The Hall–Kier alpha value is -7.41. The normalized spacial score (nSPS) is 21.5. The molecular weight excluding hydrogens is 775 g/mol. The zero-order valence-electron chi connectivity index (χ0n) is 35.6. The van der Waals surface area contributed by atoms with E-state index in [2.05, 4.69) is 192 Å². The lowest BCUT2D eigenvalue weighted by Gasteiger charge is -2.61. The van der Waals surface area contributed by atoms with Gasteiger partial charge in [0.05, 0.1) is 28.7 Å². The van der Waals surface area contributed by atoms with Gasteiger partial charge < -0.3 is 9.80 Å². The third kappa shape index (κ3) is 4.97. The molecular formula is C61H45N3. The number of para-hydroxylation sites is 1. The van der Waals surface area contributed by atoms with Crippen LogP contribution < -0.4 is 9.80 Å². The smallest absolute Gasteiger partial charge is 0.0991 e. The Kier molecular flexibility index (Phi) is 7.64. The van der Waals surface area contributed by atoms with Gasteiger partial charge in [-0.2, -0.15) is 5.26 Å². The molecule has 0 heterocycles. The molecule has 4 saturated carbocycles. The highest BCUT2D eigenvalue weighted by Gasteiger charge is 2.61. The van der Waals surface area contributed by atoms with Crippen molar-refractivity contribution in [3.8, 4) is 17.2 Å². The number of hydrogen-bond donors (Lipinski definition) is 0. The van der Waals surface area contributed by atoms with E-state index in [0.29, 0.717) is 17.4 Å². The second-order valence-corrected chi connectivity index (χ2v) is 19.2. The van der Waals surface area contributed by atoms with Gasteiger partial charge in [-0.15, -0.1) is 0 Å². The molecule has 5 aliphatic rings. The van der Waals surface area contributed by atoms with Crippen LogP contribution in [0.4, 0.5) is 34.1 Å². The van der Waals surface area contributed by atoms with Crippen molar-refractivity contribution in [3.05, 3.63) is 205 Å². The Morgan fingerprint density at radius 1 is 0.406 bits per heavy atom. The van der Waals surface area contributed by atoms with Crippen LogP contribution in [0, 0.1) is 35.0 Å². The van der Waals surface area contributed by atoms with Gasteiger partial charge >= 0.3 is 0 Å². The van der Waals surface area contributed by atoms with E-state index in [-0.39, 0.29) is 5.41 Å². The molecule has 0 aromatic heterocycles. The van der Waals surface area contributed by atoms with Gasteiger partial charge in [-0.1, -0.05) is 121 Å². The summed E-state index contributed by atoms with van der Waals surface area (Å²) in [6, 6.07) is 72.1. The zero-order chi connectivity index (χ0) is 42.1. The first kappa shape index (κ1) is 36.1. The van der Waals surface area contributed by atoms with Crippen LogP contribution >= 0.6 is 0 Å². The highest BCUT2D eigenvalue weighted by atomic mass is 15.2. The van der Waals surface area contributed by atoms with Gasteiger partial charge in [0.25, 0.3) is 0 Å². The average molecular weight is 820 g/mol. The molecule has 10 aromatic rings. The van der Waals surface area contributed by atoms with Gasteiger partial charge in [0.1, 0.15) is 0 Å². The molecule has 4 bridgehead atoms. The van der Waals surface area contributed by atoms with Crippen molar-refractivity contribution in [1.29, 1.82) is 5.26 Å². The minimum Gasteiger partial charge on any atom is -0.310 e. The largest absolute Gasteiger partial charge is 0.310 e. The Balaban J connectivity index is 0.999. The molecule has 1 spiro atoms. The van der Waals surface area contributed by atoms with Crippen LogP contribution in [0.25, 0.3) is 54.2 Å². The Morgan fingerprint density at radius 2 is 0.969 bits per heavy atom. The van der Waals surface area contributed by atoms with E-state index < -0.39 is 0 Å². The zero-order valence-corrected chi connectivity index (χ0v) is 35.6. The Morgan fingerprint density at radius 3 is 1.69 bits per heavy atom. The standard InChI is InChI=1S/C61H45N3/c62-37-38-17-23-47(24-18-38)63(48-25-28-51-50-14-6-7-15-54(50)61(55(51)36-48)44-32-39-31-40(34-44)35-45(61)33-39)57-29-21-42-20-27-53-58(30-22-43-19-26-52(57)59(42)60(43)53)64(46-11-2-1-3-12-46)56-16-8-10-41-9-4-5-13-49(41)56/h1-30,36,39-40,44-45H,31-35H2. The van der Waals surface area contributed by atoms with Gasteiger partial charge in [0.15, 0.2) is 0 Å². The number of nitriles is 1. The molecule has 0 aliphatic heterocycles. The average Bonchev–Trinajstić information content (AvgIpc) is 3.63. The highest BCUT2D eigenvalue weighted by molar-refractivity contribution is 6.28. The number of nitrogens with zero attached hydrogens (tertiary/aromatic N) is 3. The third-order valence-corrected chi connectivity index (χ3v) is 16.2. The van der Waals surface area contributed by atoms with Crippen molar-refractivity contribution in [2.45, 2.75) is 37.5 Å². The SMILES string of the molecule is N#Cc1ccc(N(c2ccc3c(c2)C2(c4ccccc4-3)C3CC4CC(C3)CC2C4)c2ccc3ccc4c(N(c5ccccc5)c5cccc6ccccc56)ccc5ccc2c3c54)cc1. The summed E-state index contributed by atoms with van der Waals surface area (Å²) in [5, 5.41) is 19.8. The highest BCUT2D eigenvalue weighted by Crippen LogP contribution is 2.69. The van der Waals surface area contributed by atoms with E-state index in [1.165, 1.54) is 97.6 Å². The van der Waals surface area contributed by atoms with Crippen molar-refractivity contribution in [3.63, 3.8) is 0 Å². The van der Waals surface area contributed by atoms with Crippen LogP contribution in [0.15, 0.2) is 188 Å². The summed E-state index contributed by atoms with van der Waals surface area (Å²) in [6.45, 7) is 0. The lowest BCUT2D eigenvalue weighted by Crippen LogP contribution is -2.55. The van der Waals surface area contributed by atoms with Crippen molar-refractivity contribution < 1.29 is 0 Å². The number of benzene rings is 10. The number of anilines is 6.